The quantitative estimate of drug-likeness (QED) is 0.249. The van der Waals surface area contributed by atoms with Gasteiger partial charge in [-0.1, -0.05) is 26.0 Å². The van der Waals surface area contributed by atoms with Gasteiger partial charge < -0.3 is 14.7 Å². The number of carbonyl (C=O) groups is 2. The Morgan fingerprint density at radius 1 is 1.05 bits per heavy atom. The van der Waals surface area contributed by atoms with E-state index in [-0.39, 0.29) is 23.4 Å². The molecule has 2 aromatic carbocycles. The van der Waals surface area contributed by atoms with Gasteiger partial charge in [0.2, 0.25) is 0 Å². The molecule has 2 heterocycles. The number of benzene rings is 2. The highest BCUT2D eigenvalue weighted by Crippen LogP contribution is 2.40. The minimum absolute atomic E-state index is 0.154. The summed E-state index contributed by atoms with van der Waals surface area (Å²) in [6.07, 6.45) is -1.61. The van der Waals surface area contributed by atoms with Gasteiger partial charge in [-0.15, -0.1) is 0 Å². The zero-order valence-corrected chi connectivity index (χ0v) is 20.2. The maximum atomic E-state index is 13.2. The predicted molar refractivity (Wildman–Crippen MR) is 130 cm³/mol. The standard InChI is InChI=1S/C28H25F3N2O4/c1-17(2)16-37-22-8-6-20(7-9-22)25(34)23-24(19-10-12-32-13-11-19)33(27(36)26(23)35)15-18-4-3-5-21(14-18)28(29,30)31/h3-14,17,24,34H,15-16H2,1-2H3/b25-23+. The van der Waals surface area contributed by atoms with E-state index >= 15 is 0 Å². The molecular weight excluding hydrogens is 485 g/mol. The van der Waals surface area contributed by atoms with Gasteiger partial charge in [0.1, 0.15) is 11.5 Å². The third-order valence-electron chi connectivity index (χ3n) is 5.88. The van der Waals surface area contributed by atoms with Crippen LogP contribution >= 0.6 is 0 Å². The SMILES string of the molecule is CC(C)COc1ccc(/C(O)=C2\C(=O)C(=O)N(Cc3cccc(C(F)(F)F)c3)C2c2ccncc2)cc1. The van der Waals surface area contributed by atoms with Gasteiger partial charge in [0.25, 0.3) is 11.7 Å². The van der Waals surface area contributed by atoms with Gasteiger partial charge >= 0.3 is 6.18 Å². The summed E-state index contributed by atoms with van der Waals surface area (Å²) in [6, 6.07) is 13.2. The number of halogens is 3. The normalized spacial score (nSPS) is 17.5. The lowest BCUT2D eigenvalue weighted by atomic mass is 9.95. The van der Waals surface area contributed by atoms with Gasteiger partial charge in [0.15, 0.2) is 0 Å². The Morgan fingerprint density at radius 2 is 1.73 bits per heavy atom. The van der Waals surface area contributed by atoms with Gasteiger partial charge in [0.05, 0.1) is 23.8 Å². The third-order valence-corrected chi connectivity index (χ3v) is 5.88. The molecule has 0 bridgehead atoms. The largest absolute Gasteiger partial charge is 0.507 e. The molecule has 3 aromatic rings. The molecule has 6 nitrogen and oxygen atoms in total. The lowest BCUT2D eigenvalue weighted by molar-refractivity contribution is -0.140. The summed E-state index contributed by atoms with van der Waals surface area (Å²) >= 11 is 0. The van der Waals surface area contributed by atoms with Crippen LogP contribution in [0.15, 0.2) is 78.6 Å². The molecule has 1 aliphatic rings. The zero-order chi connectivity index (χ0) is 26.7. The number of rotatable bonds is 7. The second-order valence-corrected chi connectivity index (χ2v) is 9.13. The van der Waals surface area contributed by atoms with Crippen LogP contribution in [0.1, 0.15) is 42.1 Å². The van der Waals surface area contributed by atoms with E-state index in [1.807, 2.05) is 13.8 Å². The molecule has 1 aromatic heterocycles. The summed E-state index contributed by atoms with van der Waals surface area (Å²) in [4.78, 5) is 31.4. The van der Waals surface area contributed by atoms with Crippen molar-refractivity contribution < 1.29 is 32.6 Å². The van der Waals surface area contributed by atoms with Crippen LogP contribution in [0.5, 0.6) is 5.75 Å². The van der Waals surface area contributed by atoms with Crippen LogP contribution in [0.3, 0.4) is 0 Å². The van der Waals surface area contributed by atoms with Gasteiger partial charge in [-0.05, 0) is 65.6 Å². The number of aliphatic hydroxyl groups is 1. The second-order valence-electron chi connectivity index (χ2n) is 9.13. The number of nitrogens with zero attached hydrogens (tertiary/aromatic N) is 2. The van der Waals surface area contributed by atoms with E-state index in [1.165, 1.54) is 29.4 Å². The number of ketones is 1. The van der Waals surface area contributed by atoms with Crippen LogP contribution in [0, 0.1) is 5.92 Å². The number of amides is 1. The molecule has 1 saturated heterocycles. The molecule has 0 saturated carbocycles. The maximum absolute atomic E-state index is 13.2. The smallest absolute Gasteiger partial charge is 0.416 e. The molecule has 0 spiro atoms. The third kappa shape index (κ3) is 5.66. The second kappa shape index (κ2) is 10.5. The molecule has 1 fully saturated rings. The summed E-state index contributed by atoms with van der Waals surface area (Å²) in [7, 11) is 0. The van der Waals surface area contributed by atoms with Gasteiger partial charge in [-0.2, -0.15) is 13.2 Å². The Balaban J connectivity index is 1.74. The Hall–Kier alpha value is -4.14. The van der Waals surface area contributed by atoms with E-state index in [0.717, 1.165) is 12.1 Å². The number of aliphatic hydroxyl groups excluding tert-OH is 1. The van der Waals surface area contributed by atoms with Crippen molar-refractivity contribution in [1.82, 2.24) is 9.88 Å². The molecule has 1 aliphatic heterocycles. The van der Waals surface area contributed by atoms with Crippen molar-refractivity contribution in [3.8, 4) is 5.75 Å². The Bertz CT molecular complexity index is 1320. The lowest BCUT2D eigenvalue weighted by Crippen LogP contribution is -2.29. The van der Waals surface area contributed by atoms with E-state index in [0.29, 0.717) is 29.4 Å². The molecule has 9 heteroatoms. The number of Topliss-reactive ketones (excluding diaryl/α,β-unsaturated/α-hetero) is 1. The zero-order valence-electron chi connectivity index (χ0n) is 20.2. The van der Waals surface area contributed by atoms with E-state index < -0.39 is 29.5 Å². The molecule has 1 amide bonds. The van der Waals surface area contributed by atoms with Crippen molar-refractivity contribution in [1.29, 1.82) is 0 Å². The Labute approximate surface area is 212 Å². The molecule has 0 radical (unpaired) electrons. The van der Waals surface area contributed by atoms with Crippen LogP contribution in [0.2, 0.25) is 0 Å². The van der Waals surface area contributed by atoms with Gasteiger partial charge in [0, 0.05) is 24.5 Å². The topological polar surface area (TPSA) is 79.7 Å². The highest BCUT2D eigenvalue weighted by Gasteiger charge is 2.46. The number of pyridine rings is 1. The summed E-state index contributed by atoms with van der Waals surface area (Å²) < 4.78 is 45.4. The molecule has 1 N–H and O–H groups in total. The van der Waals surface area contributed by atoms with Crippen molar-refractivity contribution in [2.75, 3.05) is 6.61 Å². The number of aromatic nitrogens is 1. The fraction of sp³-hybridized carbons (Fsp3) is 0.250. The number of hydrogen-bond acceptors (Lipinski definition) is 5. The average Bonchev–Trinajstić information content (AvgIpc) is 3.12. The van der Waals surface area contributed by atoms with E-state index in [4.69, 9.17) is 4.74 Å². The number of hydrogen-bond donors (Lipinski definition) is 1. The number of ether oxygens (including phenoxy) is 1. The van der Waals surface area contributed by atoms with Crippen LogP contribution in [-0.2, 0) is 22.3 Å². The first kappa shape index (κ1) is 25.9. The number of carbonyl (C=O) groups excluding carboxylic acids is 2. The van der Waals surface area contributed by atoms with Crippen molar-refractivity contribution in [3.63, 3.8) is 0 Å². The Morgan fingerprint density at radius 3 is 2.35 bits per heavy atom. The first-order chi connectivity index (χ1) is 17.6. The average molecular weight is 511 g/mol. The van der Waals surface area contributed by atoms with Crippen LogP contribution in [-0.4, -0.2) is 33.3 Å². The molecule has 37 heavy (non-hydrogen) atoms. The van der Waals surface area contributed by atoms with Crippen LogP contribution in [0.25, 0.3) is 5.76 Å². The molecule has 0 aliphatic carbocycles. The summed E-state index contributed by atoms with van der Waals surface area (Å²) in [5.41, 5.74) is -0.0316. The summed E-state index contributed by atoms with van der Waals surface area (Å²) in [5.74, 6) is -1.33. The molecule has 4 rings (SSSR count). The predicted octanol–water partition coefficient (Wildman–Crippen LogP) is 5.76. The maximum Gasteiger partial charge on any atom is 0.416 e. The summed E-state index contributed by atoms with van der Waals surface area (Å²) in [6.45, 7) is 4.27. The van der Waals surface area contributed by atoms with Crippen LogP contribution < -0.4 is 4.74 Å². The minimum Gasteiger partial charge on any atom is -0.507 e. The van der Waals surface area contributed by atoms with Crippen molar-refractivity contribution in [3.05, 3.63) is 101 Å². The number of likely N-dealkylation sites (tertiary alicyclic amines) is 1. The molecule has 1 atom stereocenters. The van der Waals surface area contributed by atoms with Gasteiger partial charge in [-0.25, -0.2) is 0 Å². The summed E-state index contributed by atoms with van der Waals surface area (Å²) in [5, 5.41) is 11.2. The highest BCUT2D eigenvalue weighted by molar-refractivity contribution is 6.46. The lowest BCUT2D eigenvalue weighted by Gasteiger charge is -2.25. The molecular formula is C28H25F3N2O4. The van der Waals surface area contributed by atoms with Crippen LogP contribution in [0.4, 0.5) is 13.2 Å². The monoisotopic (exact) mass is 510 g/mol. The number of alkyl halides is 3. The molecule has 192 valence electrons. The van der Waals surface area contributed by atoms with E-state index in [9.17, 15) is 27.9 Å². The van der Waals surface area contributed by atoms with E-state index in [2.05, 4.69) is 4.98 Å². The van der Waals surface area contributed by atoms with Crippen molar-refractivity contribution in [2.45, 2.75) is 32.6 Å². The van der Waals surface area contributed by atoms with Crippen molar-refractivity contribution in [2.24, 2.45) is 5.92 Å². The Kier molecular flexibility index (Phi) is 7.33. The van der Waals surface area contributed by atoms with E-state index in [1.54, 1.807) is 36.4 Å². The minimum atomic E-state index is -4.56. The fourth-order valence-electron chi connectivity index (χ4n) is 4.11. The fourth-order valence-corrected chi connectivity index (χ4v) is 4.11. The highest BCUT2D eigenvalue weighted by atomic mass is 19.4. The first-order valence-electron chi connectivity index (χ1n) is 11.6. The van der Waals surface area contributed by atoms with Crippen molar-refractivity contribution >= 4 is 17.4 Å². The molecule has 1 unspecified atom stereocenters. The van der Waals surface area contributed by atoms with Gasteiger partial charge in [-0.3, -0.25) is 14.6 Å². The first-order valence-corrected chi connectivity index (χ1v) is 11.6.